The quantitative estimate of drug-likeness (QED) is 0.697. The van der Waals surface area contributed by atoms with Crippen LogP contribution in [-0.2, 0) is 14.8 Å². The van der Waals surface area contributed by atoms with Crippen molar-refractivity contribution in [3.8, 4) is 0 Å². The molecule has 0 fully saturated rings. The predicted octanol–water partition coefficient (Wildman–Crippen LogP) is -0.278. The molecule has 0 saturated carbocycles. The van der Waals surface area contributed by atoms with Crippen LogP contribution in [0.4, 0.5) is 5.95 Å². The van der Waals surface area contributed by atoms with Gasteiger partial charge in [-0.3, -0.25) is 10.1 Å². The third-order valence-electron chi connectivity index (χ3n) is 2.15. The van der Waals surface area contributed by atoms with Gasteiger partial charge in [0.05, 0.1) is 11.4 Å². The Balaban J connectivity index is 1.93. The minimum Gasteiger partial charge on any atom is -0.294 e. The summed E-state index contributed by atoms with van der Waals surface area (Å²) in [7, 11) is -3.69. The maximum atomic E-state index is 11.8. The van der Waals surface area contributed by atoms with Crippen LogP contribution in [0, 0.1) is 0 Å². The van der Waals surface area contributed by atoms with Gasteiger partial charge in [0.2, 0.25) is 21.9 Å². The number of carbonyl (C=O) groups is 1. The van der Waals surface area contributed by atoms with Gasteiger partial charge in [0, 0.05) is 0 Å². The minimum absolute atomic E-state index is 0.0995. The first kappa shape index (κ1) is 13.2. The highest BCUT2D eigenvalue weighted by atomic mass is 32.2. The second kappa shape index (κ2) is 5.59. The van der Waals surface area contributed by atoms with Crippen molar-refractivity contribution in [3.05, 3.63) is 36.7 Å². The fourth-order valence-corrected chi connectivity index (χ4v) is 2.29. The molecule has 9 heteroatoms. The molecular formula is C10H11N5O3S. The predicted molar refractivity (Wildman–Crippen MR) is 66.6 cm³/mol. The molecular weight excluding hydrogens is 270 g/mol. The summed E-state index contributed by atoms with van der Waals surface area (Å²) in [6.45, 7) is -0.391. The molecule has 0 radical (unpaired) electrons. The number of amides is 1. The van der Waals surface area contributed by atoms with Crippen molar-refractivity contribution in [1.82, 2.24) is 19.9 Å². The molecule has 8 nitrogen and oxygen atoms in total. The average Bonchev–Trinajstić information content (AvgIpc) is 2.90. The Kier molecular flexibility index (Phi) is 3.88. The zero-order valence-corrected chi connectivity index (χ0v) is 10.5. The van der Waals surface area contributed by atoms with Gasteiger partial charge in [-0.05, 0) is 12.1 Å². The molecule has 19 heavy (non-hydrogen) atoms. The molecule has 0 aliphatic rings. The Labute approximate surface area is 109 Å². The number of carbonyl (C=O) groups excluding carboxylic acids is 1. The van der Waals surface area contributed by atoms with Crippen molar-refractivity contribution in [2.45, 2.75) is 4.90 Å². The van der Waals surface area contributed by atoms with Crippen molar-refractivity contribution in [2.24, 2.45) is 0 Å². The van der Waals surface area contributed by atoms with Crippen LogP contribution in [0.25, 0.3) is 0 Å². The highest BCUT2D eigenvalue weighted by molar-refractivity contribution is 7.89. The SMILES string of the molecule is O=C(CNS(=O)(=O)c1ccccc1)Nc1ncn[nH]1. The zero-order valence-electron chi connectivity index (χ0n) is 9.70. The lowest BCUT2D eigenvalue weighted by Gasteiger charge is -2.06. The molecule has 100 valence electrons. The number of nitrogens with one attached hydrogen (secondary N) is 3. The molecule has 0 aliphatic heterocycles. The number of sulfonamides is 1. The number of rotatable bonds is 5. The molecule has 0 saturated heterocycles. The number of hydrogen-bond acceptors (Lipinski definition) is 5. The maximum Gasteiger partial charge on any atom is 0.241 e. The summed E-state index contributed by atoms with van der Waals surface area (Å²) in [5, 5.41) is 8.32. The molecule has 3 N–H and O–H groups in total. The first-order chi connectivity index (χ1) is 9.08. The van der Waals surface area contributed by atoms with E-state index >= 15 is 0 Å². The van der Waals surface area contributed by atoms with Crippen LogP contribution >= 0.6 is 0 Å². The van der Waals surface area contributed by atoms with E-state index in [1.54, 1.807) is 18.2 Å². The minimum atomic E-state index is -3.69. The lowest BCUT2D eigenvalue weighted by Crippen LogP contribution is -2.33. The maximum absolute atomic E-state index is 11.8. The van der Waals surface area contributed by atoms with Gasteiger partial charge in [-0.2, -0.15) is 10.1 Å². The topological polar surface area (TPSA) is 117 Å². The summed E-state index contributed by atoms with van der Waals surface area (Å²) < 4.78 is 25.8. The molecule has 0 spiro atoms. The molecule has 1 aromatic heterocycles. The lowest BCUT2D eigenvalue weighted by molar-refractivity contribution is -0.115. The van der Waals surface area contributed by atoms with Crippen LogP contribution in [0.3, 0.4) is 0 Å². The smallest absolute Gasteiger partial charge is 0.241 e. The molecule has 2 rings (SSSR count). The van der Waals surface area contributed by atoms with Gasteiger partial charge in [0.1, 0.15) is 6.33 Å². The van der Waals surface area contributed by atoms with Crippen LogP contribution in [0.1, 0.15) is 0 Å². The Morgan fingerprint density at radius 2 is 2.00 bits per heavy atom. The lowest BCUT2D eigenvalue weighted by atomic mass is 10.4. The summed E-state index contributed by atoms with van der Waals surface area (Å²) in [5.74, 6) is -0.389. The molecule has 2 aromatic rings. The first-order valence-corrected chi connectivity index (χ1v) is 6.76. The summed E-state index contributed by atoms with van der Waals surface area (Å²) in [6, 6.07) is 7.79. The fraction of sp³-hybridized carbons (Fsp3) is 0.100. The second-order valence-electron chi connectivity index (χ2n) is 3.52. The van der Waals surface area contributed by atoms with E-state index in [0.29, 0.717) is 0 Å². The van der Waals surface area contributed by atoms with Crippen molar-refractivity contribution in [3.63, 3.8) is 0 Å². The number of nitrogens with zero attached hydrogens (tertiary/aromatic N) is 2. The Bertz CT molecular complexity index is 639. The van der Waals surface area contributed by atoms with E-state index in [-0.39, 0.29) is 10.8 Å². The van der Waals surface area contributed by atoms with Crippen molar-refractivity contribution >= 4 is 21.9 Å². The van der Waals surface area contributed by atoms with E-state index in [0.717, 1.165) is 0 Å². The zero-order chi connectivity index (χ0) is 13.7. The standard InChI is InChI=1S/C10H11N5O3S/c16-9(14-10-11-7-12-15-10)6-13-19(17,18)8-4-2-1-3-5-8/h1-5,7,13H,6H2,(H2,11,12,14,15,16). The van der Waals surface area contributed by atoms with Crippen molar-refractivity contribution in [2.75, 3.05) is 11.9 Å². The van der Waals surface area contributed by atoms with Crippen LogP contribution in [0.5, 0.6) is 0 Å². The van der Waals surface area contributed by atoms with Crippen molar-refractivity contribution in [1.29, 1.82) is 0 Å². The molecule has 1 heterocycles. The molecule has 0 unspecified atom stereocenters. The Hall–Kier alpha value is -2.26. The van der Waals surface area contributed by atoms with Crippen LogP contribution in [0.2, 0.25) is 0 Å². The van der Waals surface area contributed by atoms with Crippen molar-refractivity contribution < 1.29 is 13.2 Å². The number of benzene rings is 1. The first-order valence-electron chi connectivity index (χ1n) is 5.28. The van der Waals surface area contributed by atoms with E-state index in [2.05, 4.69) is 25.2 Å². The van der Waals surface area contributed by atoms with Gasteiger partial charge in [-0.1, -0.05) is 18.2 Å². The van der Waals surface area contributed by atoms with Gasteiger partial charge < -0.3 is 0 Å². The van der Waals surface area contributed by atoms with E-state index in [9.17, 15) is 13.2 Å². The van der Waals surface area contributed by atoms with Gasteiger partial charge in [0.25, 0.3) is 0 Å². The molecule has 0 bridgehead atoms. The number of aromatic nitrogens is 3. The number of H-pyrrole nitrogens is 1. The van der Waals surface area contributed by atoms with Gasteiger partial charge >= 0.3 is 0 Å². The van der Waals surface area contributed by atoms with E-state index in [1.165, 1.54) is 18.5 Å². The summed E-state index contributed by atoms with van der Waals surface area (Å²) >= 11 is 0. The highest BCUT2D eigenvalue weighted by Gasteiger charge is 2.15. The average molecular weight is 281 g/mol. The van der Waals surface area contributed by atoms with Gasteiger partial charge in [-0.15, -0.1) is 0 Å². The third-order valence-corrected chi connectivity index (χ3v) is 3.57. The number of hydrogen-bond donors (Lipinski definition) is 3. The Morgan fingerprint density at radius 3 is 2.63 bits per heavy atom. The normalized spacial score (nSPS) is 11.2. The van der Waals surface area contributed by atoms with Crippen LogP contribution < -0.4 is 10.0 Å². The summed E-state index contributed by atoms with van der Waals surface area (Å²) in [5.41, 5.74) is 0. The second-order valence-corrected chi connectivity index (χ2v) is 5.29. The van der Waals surface area contributed by atoms with Gasteiger partial charge in [-0.25, -0.2) is 18.2 Å². The molecule has 0 aliphatic carbocycles. The van der Waals surface area contributed by atoms with Crippen LogP contribution in [0.15, 0.2) is 41.6 Å². The van der Waals surface area contributed by atoms with Gasteiger partial charge in [0.15, 0.2) is 0 Å². The molecule has 1 aromatic carbocycles. The summed E-state index contributed by atoms with van der Waals surface area (Å²) in [6.07, 6.45) is 1.23. The van der Waals surface area contributed by atoms with E-state index in [4.69, 9.17) is 0 Å². The summed E-state index contributed by atoms with van der Waals surface area (Å²) in [4.78, 5) is 15.2. The Morgan fingerprint density at radius 1 is 1.26 bits per heavy atom. The number of anilines is 1. The van der Waals surface area contributed by atoms with E-state index < -0.39 is 22.5 Å². The monoisotopic (exact) mass is 281 g/mol. The highest BCUT2D eigenvalue weighted by Crippen LogP contribution is 2.06. The molecule has 0 atom stereocenters. The molecule has 1 amide bonds. The van der Waals surface area contributed by atoms with Crippen LogP contribution in [-0.4, -0.2) is 36.1 Å². The van der Waals surface area contributed by atoms with E-state index in [1.807, 2.05) is 0 Å². The number of aromatic amines is 1. The largest absolute Gasteiger partial charge is 0.294 e. The third kappa shape index (κ3) is 3.60. The fourth-order valence-electron chi connectivity index (χ4n) is 1.29.